The van der Waals surface area contributed by atoms with Crippen molar-refractivity contribution in [2.24, 2.45) is 5.92 Å². The van der Waals surface area contributed by atoms with Crippen molar-refractivity contribution in [2.75, 3.05) is 0 Å². The summed E-state index contributed by atoms with van der Waals surface area (Å²) in [5, 5.41) is 14.7. The lowest BCUT2D eigenvalue weighted by atomic mass is 9.96. The van der Waals surface area contributed by atoms with Gasteiger partial charge in [0.1, 0.15) is 0 Å². The molecule has 2 bridgehead atoms. The number of carboxylic acid groups (broad SMARTS) is 1. The quantitative estimate of drug-likeness (QED) is 0.669. The number of hydrogen-bond acceptors (Lipinski definition) is 3. The van der Waals surface area contributed by atoms with Crippen molar-refractivity contribution in [2.45, 2.75) is 76.7 Å². The summed E-state index contributed by atoms with van der Waals surface area (Å²) >= 11 is 0. The molecule has 0 spiro atoms. The van der Waals surface area contributed by atoms with E-state index in [0.717, 1.165) is 32.1 Å². The van der Waals surface area contributed by atoms with Crippen LogP contribution in [0.25, 0.3) is 0 Å². The maximum absolute atomic E-state index is 11.9. The normalized spacial score (nSPS) is 29.9. The molecular weight excluding hydrogens is 272 g/mol. The second kappa shape index (κ2) is 7.11. The maximum atomic E-state index is 11.9. The molecule has 2 amide bonds. The summed E-state index contributed by atoms with van der Waals surface area (Å²) in [6.45, 7) is 3.66. The molecule has 0 radical (unpaired) electrons. The van der Waals surface area contributed by atoms with E-state index in [-0.39, 0.29) is 30.1 Å². The SMILES string of the molecule is CC(CCCC(C)C(=O)O)NC(=O)NC1CC2CCC1O2. The summed E-state index contributed by atoms with van der Waals surface area (Å²) in [5.41, 5.74) is 0. The Labute approximate surface area is 125 Å². The van der Waals surface area contributed by atoms with Crippen LogP contribution in [0, 0.1) is 5.92 Å². The summed E-state index contributed by atoms with van der Waals surface area (Å²) in [6, 6.07) is 0.0448. The zero-order valence-electron chi connectivity index (χ0n) is 12.8. The van der Waals surface area contributed by atoms with Crippen LogP contribution in [0.15, 0.2) is 0 Å². The van der Waals surface area contributed by atoms with E-state index >= 15 is 0 Å². The summed E-state index contributed by atoms with van der Waals surface area (Å²) in [5.74, 6) is -1.08. The predicted molar refractivity (Wildman–Crippen MR) is 78.1 cm³/mol. The topological polar surface area (TPSA) is 87.7 Å². The first kappa shape index (κ1) is 16.1. The Morgan fingerprint density at radius 1 is 1.29 bits per heavy atom. The molecule has 5 atom stereocenters. The summed E-state index contributed by atoms with van der Waals surface area (Å²) in [4.78, 5) is 22.6. The van der Waals surface area contributed by atoms with Crippen molar-refractivity contribution < 1.29 is 19.4 Å². The van der Waals surface area contributed by atoms with E-state index in [4.69, 9.17) is 9.84 Å². The van der Waals surface area contributed by atoms with Crippen LogP contribution in [-0.2, 0) is 9.53 Å². The first-order valence-electron chi connectivity index (χ1n) is 7.91. The highest BCUT2D eigenvalue weighted by molar-refractivity contribution is 5.74. The molecule has 21 heavy (non-hydrogen) atoms. The highest BCUT2D eigenvalue weighted by Gasteiger charge is 2.41. The molecule has 2 heterocycles. The molecule has 0 saturated carbocycles. The summed E-state index contributed by atoms with van der Waals surface area (Å²) in [6.07, 6.45) is 5.82. The van der Waals surface area contributed by atoms with Gasteiger partial charge < -0.3 is 20.5 Å². The lowest BCUT2D eigenvalue weighted by molar-refractivity contribution is -0.141. The molecule has 3 N–H and O–H groups in total. The Morgan fingerprint density at radius 3 is 2.62 bits per heavy atom. The smallest absolute Gasteiger partial charge is 0.315 e. The predicted octanol–water partition coefficient (Wildman–Crippen LogP) is 1.88. The standard InChI is InChI=1S/C15H26N2O4/c1-9(14(18)19)4-3-5-10(2)16-15(20)17-12-8-11-6-7-13(12)21-11/h9-13H,3-8H2,1-2H3,(H,18,19)(H2,16,17,20). The van der Waals surface area contributed by atoms with E-state index in [9.17, 15) is 9.59 Å². The Balaban J connectivity index is 1.60. The summed E-state index contributed by atoms with van der Waals surface area (Å²) in [7, 11) is 0. The third-order valence-electron chi connectivity index (χ3n) is 4.50. The van der Waals surface area contributed by atoms with Gasteiger partial charge in [-0.05, 0) is 39.0 Å². The van der Waals surface area contributed by atoms with Gasteiger partial charge in [-0.15, -0.1) is 0 Å². The van der Waals surface area contributed by atoms with E-state index < -0.39 is 5.97 Å². The monoisotopic (exact) mass is 298 g/mol. The number of nitrogens with one attached hydrogen (secondary N) is 2. The van der Waals surface area contributed by atoms with Crippen LogP contribution in [0.4, 0.5) is 4.79 Å². The molecule has 2 fully saturated rings. The summed E-state index contributed by atoms with van der Waals surface area (Å²) < 4.78 is 5.71. The van der Waals surface area contributed by atoms with E-state index in [0.29, 0.717) is 12.5 Å². The van der Waals surface area contributed by atoms with Crippen LogP contribution in [0.3, 0.4) is 0 Å². The largest absolute Gasteiger partial charge is 0.481 e. The number of hydrogen-bond donors (Lipinski definition) is 3. The molecule has 6 heteroatoms. The number of rotatable bonds is 7. The molecule has 0 aromatic heterocycles. The van der Waals surface area contributed by atoms with Crippen LogP contribution in [0.1, 0.15) is 52.4 Å². The number of fused-ring (bicyclic) bond motifs is 2. The Kier molecular flexibility index (Phi) is 5.45. The number of carbonyl (C=O) groups is 2. The third kappa shape index (κ3) is 4.59. The van der Waals surface area contributed by atoms with Gasteiger partial charge in [-0.25, -0.2) is 4.79 Å². The van der Waals surface area contributed by atoms with E-state index in [1.165, 1.54) is 0 Å². The number of urea groups is 1. The number of aliphatic carboxylic acids is 1. The molecule has 0 aromatic carbocycles. The fourth-order valence-corrected chi connectivity index (χ4v) is 3.15. The molecule has 2 aliphatic rings. The molecule has 2 aliphatic heterocycles. The molecule has 6 nitrogen and oxygen atoms in total. The van der Waals surface area contributed by atoms with Gasteiger partial charge in [0.05, 0.1) is 24.2 Å². The van der Waals surface area contributed by atoms with Crippen molar-refractivity contribution in [3.8, 4) is 0 Å². The Morgan fingerprint density at radius 2 is 2.05 bits per heavy atom. The number of ether oxygens (including phenoxy) is 1. The van der Waals surface area contributed by atoms with Crippen LogP contribution in [0.5, 0.6) is 0 Å². The van der Waals surface area contributed by atoms with Crippen LogP contribution >= 0.6 is 0 Å². The first-order chi connectivity index (χ1) is 9.95. The van der Waals surface area contributed by atoms with Crippen LogP contribution < -0.4 is 10.6 Å². The van der Waals surface area contributed by atoms with Gasteiger partial charge in [-0.1, -0.05) is 13.3 Å². The maximum Gasteiger partial charge on any atom is 0.315 e. The second-order valence-corrected chi connectivity index (χ2v) is 6.41. The van der Waals surface area contributed by atoms with Gasteiger partial charge in [0.25, 0.3) is 0 Å². The van der Waals surface area contributed by atoms with Gasteiger partial charge in [0, 0.05) is 6.04 Å². The number of carbonyl (C=O) groups excluding carboxylic acids is 1. The van der Waals surface area contributed by atoms with E-state index in [1.54, 1.807) is 6.92 Å². The zero-order valence-corrected chi connectivity index (χ0v) is 12.8. The molecule has 5 unspecified atom stereocenters. The fraction of sp³-hybridized carbons (Fsp3) is 0.867. The second-order valence-electron chi connectivity index (χ2n) is 6.41. The minimum atomic E-state index is -0.760. The molecular formula is C15H26N2O4. The first-order valence-corrected chi connectivity index (χ1v) is 7.91. The van der Waals surface area contributed by atoms with Gasteiger partial charge in [-0.2, -0.15) is 0 Å². The third-order valence-corrected chi connectivity index (χ3v) is 4.50. The zero-order chi connectivity index (χ0) is 15.4. The molecule has 120 valence electrons. The van der Waals surface area contributed by atoms with Crippen molar-refractivity contribution in [3.05, 3.63) is 0 Å². The highest BCUT2D eigenvalue weighted by Crippen LogP contribution is 2.34. The minimum Gasteiger partial charge on any atom is -0.481 e. The fourth-order valence-electron chi connectivity index (χ4n) is 3.15. The van der Waals surface area contributed by atoms with Crippen molar-refractivity contribution >= 4 is 12.0 Å². The molecule has 0 aromatic rings. The molecule has 2 saturated heterocycles. The number of amides is 2. The van der Waals surface area contributed by atoms with E-state index in [2.05, 4.69) is 10.6 Å². The van der Waals surface area contributed by atoms with Crippen molar-refractivity contribution in [1.29, 1.82) is 0 Å². The van der Waals surface area contributed by atoms with Crippen molar-refractivity contribution in [3.63, 3.8) is 0 Å². The average molecular weight is 298 g/mol. The number of carboxylic acids is 1. The molecule has 2 rings (SSSR count). The van der Waals surface area contributed by atoms with Crippen molar-refractivity contribution in [1.82, 2.24) is 10.6 Å². The average Bonchev–Trinajstić information content (AvgIpc) is 3.00. The van der Waals surface area contributed by atoms with Crippen LogP contribution in [-0.4, -0.2) is 41.4 Å². The molecule has 0 aliphatic carbocycles. The van der Waals surface area contributed by atoms with Gasteiger partial charge in [0.2, 0.25) is 0 Å². The van der Waals surface area contributed by atoms with Gasteiger partial charge in [0.15, 0.2) is 0 Å². The Bertz CT molecular complexity index is 388. The van der Waals surface area contributed by atoms with Gasteiger partial charge in [-0.3, -0.25) is 4.79 Å². The van der Waals surface area contributed by atoms with E-state index in [1.807, 2.05) is 6.92 Å². The minimum absolute atomic E-state index is 0.0468. The highest BCUT2D eigenvalue weighted by atomic mass is 16.5. The Hall–Kier alpha value is -1.30. The van der Waals surface area contributed by atoms with Crippen LogP contribution in [0.2, 0.25) is 0 Å². The van der Waals surface area contributed by atoms with Gasteiger partial charge >= 0.3 is 12.0 Å². The lowest BCUT2D eigenvalue weighted by Gasteiger charge is -2.22. The lowest BCUT2D eigenvalue weighted by Crippen LogP contribution is -2.48.